The normalized spacial score (nSPS) is 26.3. The van der Waals surface area contributed by atoms with Gasteiger partial charge in [0.1, 0.15) is 0 Å². The molecule has 0 radical (unpaired) electrons. The van der Waals surface area contributed by atoms with Crippen LogP contribution in [0.25, 0.3) is 0 Å². The lowest BCUT2D eigenvalue weighted by molar-refractivity contribution is 0.0278. The Morgan fingerprint density at radius 2 is 2.17 bits per heavy atom. The molecule has 1 atom stereocenters. The lowest BCUT2D eigenvalue weighted by Gasteiger charge is -2.34. The fourth-order valence-corrected chi connectivity index (χ4v) is 2.44. The van der Waals surface area contributed by atoms with Crippen LogP contribution in [0.4, 0.5) is 0 Å². The average Bonchev–Trinajstić information content (AvgIpc) is 2.85. The summed E-state index contributed by atoms with van der Waals surface area (Å²) in [5.41, 5.74) is 1.31. The monoisotopic (exact) mass is 249 g/mol. The summed E-state index contributed by atoms with van der Waals surface area (Å²) in [7, 11) is 0. The summed E-state index contributed by atoms with van der Waals surface area (Å²) in [5, 5.41) is 3.58. The molecule has 0 saturated carbocycles. The maximum atomic E-state index is 5.54. The summed E-state index contributed by atoms with van der Waals surface area (Å²) >= 11 is 0. The minimum atomic E-state index is 0.0919. The van der Waals surface area contributed by atoms with Gasteiger partial charge in [-0.15, -0.1) is 0 Å². The molecule has 2 aliphatic heterocycles. The Morgan fingerprint density at radius 3 is 3.00 bits per heavy atom. The second-order valence-electron chi connectivity index (χ2n) is 5.26. The smallest absolute Gasteiger partial charge is 0.231 e. The molecule has 1 fully saturated rings. The van der Waals surface area contributed by atoms with Gasteiger partial charge in [0, 0.05) is 18.7 Å². The van der Waals surface area contributed by atoms with E-state index in [1.54, 1.807) is 0 Å². The van der Waals surface area contributed by atoms with Crippen LogP contribution in [0.15, 0.2) is 18.2 Å². The second-order valence-corrected chi connectivity index (χ2v) is 5.26. The number of ether oxygens (including phenoxy) is 3. The first-order chi connectivity index (χ1) is 8.75. The van der Waals surface area contributed by atoms with Crippen molar-refractivity contribution in [3.05, 3.63) is 23.8 Å². The molecule has 1 unspecified atom stereocenters. The van der Waals surface area contributed by atoms with E-state index in [1.165, 1.54) is 5.56 Å². The Balaban J connectivity index is 1.62. The molecule has 0 amide bonds. The molecule has 2 aliphatic rings. The van der Waals surface area contributed by atoms with Gasteiger partial charge in [0.15, 0.2) is 11.5 Å². The first-order valence-electron chi connectivity index (χ1n) is 6.47. The van der Waals surface area contributed by atoms with Gasteiger partial charge in [0.25, 0.3) is 0 Å². The van der Waals surface area contributed by atoms with E-state index < -0.39 is 0 Å². The van der Waals surface area contributed by atoms with E-state index in [0.29, 0.717) is 6.79 Å². The quantitative estimate of drug-likeness (QED) is 0.890. The summed E-state index contributed by atoms with van der Waals surface area (Å²) in [6.45, 7) is 5.06. The van der Waals surface area contributed by atoms with Gasteiger partial charge >= 0.3 is 0 Å². The third-order valence-corrected chi connectivity index (χ3v) is 3.59. The molecule has 1 saturated heterocycles. The van der Waals surface area contributed by atoms with E-state index in [4.69, 9.17) is 14.2 Å². The van der Waals surface area contributed by atoms with Crippen LogP contribution in [0.3, 0.4) is 0 Å². The summed E-state index contributed by atoms with van der Waals surface area (Å²) in [4.78, 5) is 0. The summed E-state index contributed by atoms with van der Waals surface area (Å²) in [6.07, 6.45) is 2.29. The van der Waals surface area contributed by atoms with Crippen molar-refractivity contribution in [3.63, 3.8) is 0 Å². The predicted octanol–water partition coefficient (Wildman–Crippen LogP) is 2.07. The van der Waals surface area contributed by atoms with Gasteiger partial charge in [-0.05, 0) is 37.5 Å². The first kappa shape index (κ1) is 11.8. The van der Waals surface area contributed by atoms with Crippen molar-refractivity contribution in [2.45, 2.75) is 31.8 Å². The van der Waals surface area contributed by atoms with Gasteiger partial charge in [-0.2, -0.15) is 0 Å². The number of fused-ring (bicyclic) bond motifs is 1. The molecule has 0 aromatic heterocycles. The van der Waals surface area contributed by atoms with Crippen molar-refractivity contribution in [3.8, 4) is 11.5 Å². The van der Waals surface area contributed by atoms with Crippen molar-refractivity contribution >= 4 is 0 Å². The maximum absolute atomic E-state index is 5.54. The van der Waals surface area contributed by atoms with Gasteiger partial charge in [-0.1, -0.05) is 6.07 Å². The number of rotatable bonds is 3. The number of hydrogen-bond acceptors (Lipinski definition) is 4. The Morgan fingerprint density at radius 1 is 1.28 bits per heavy atom. The van der Waals surface area contributed by atoms with Crippen LogP contribution in [0.2, 0.25) is 0 Å². The minimum absolute atomic E-state index is 0.0919. The standard InChI is InChI=1S/C14H19NO3/c1-14(5-2-6-16-9-14)15-8-11-3-4-12-13(7-11)18-10-17-12/h3-4,7,15H,2,5-6,8-10H2,1H3. The van der Waals surface area contributed by atoms with E-state index in [-0.39, 0.29) is 5.54 Å². The molecule has 4 heteroatoms. The lowest BCUT2D eigenvalue weighted by Crippen LogP contribution is -2.48. The molecule has 0 bridgehead atoms. The molecule has 1 aromatic rings. The van der Waals surface area contributed by atoms with Crippen molar-refractivity contribution in [1.29, 1.82) is 0 Å². The average molecular weight is 249 g/mol. The van der Waals surface area contributed by atoms with Crippen molar-refractivity contribution in [1.82, 2.24) is 5.32 Å². The highest BCUT2D eigenvalue weighted by atomic mass is 16.7. The van der Waals surface area contributed by atoms with Gasteiger partial charge in [0.2, 0.25) is 6.79 Å². The van der Waals surface area contributed by atoms with Gasteiger partial charge in [-0.25, -0.2) is 0 Å². The minimum Gasteiger partial charge on any atom is -0.454 e. The molecular weight excluding hydrogens is 230 g/mol. The lowest BCUT2D eigenvalue weighted by atomic mass is 9.94. The summed E-state index contributed by atoms with van der Waals surface area (Å²) < 4.78 is 16.2. The van der Waals surface area contributed by atoms with Gasteiger partial charge in [0.05, 0.1) is 6.61 Å². The topological polar surface area (TPSA) is 39.7 Å². The van der Waals surface area contributed by atoms with Crippen LogP contribution in [-0.4, -0.2) is 25.5 Å². The number of nitrogens with one attached hydrogen (secondary N) is 1. The number of hydrogen-bond donors (Lipinski definition) is 1. The molecule has 98 valence electrons. The SMILES string of the molecule is CC1(NCc2ccc3c(c2)OCO3)CCCOC1. The molecular formula is C14H19NO3. The van der Waals surface area contributed by atoms with Crippen LogP contribution in [-0.2, 0) is 11.3 Å². The Labute approximate surface area is 107 Å². The Kier molecular flexibility index (Phi) is 3.14. The van der Waals surface area contributed by atoms with Crippen molar-refractivity contribution < 1.29 is 14.2 Å². The zero-order valence-electron chi connectivity index (χ0n) is 10.7. The zero-order chi connectivity index (χ0) is 12.4. The summed E-state index contributed by atoms with van der Waals surface area (Å²) in [5.74, 6) is 1.69. The van der Waals surface area contributed by atoms with E-state index in [0.717, 1.165) is 44.1 Å². The fraction of sp³-hybridized carbons (Fsp3) is 0.571. The molecule has 0 spiro atoms. The van der Waals surface area contributed by atoms with E-state index in [9.17, 15) is 0 Å². The third-order valence-electron chi connectivity index (χ3n) is 3.59. The van der Waals surface area contributed by atoms with E-state index in [2.05, 4.69) is 18.3 Å². The molecule has 4 nitrogen and oxygen atoms in total. The third kappa shape index (κ3) is 2.44. The highest BCUT2D eigenvalue weighted by molar-refractivity contribution is 5.44. The molecule has 3 rings (SSSR count). The molecule has 2 heterocycles. The van der Waals surface area contributed by atoms with Crippen LogP contribution < -0.4 is 14.8 Å². The highest BCUT2D eigenvalue weighted by Gasteiger charge is 2.26. The fourth-order valence-electron chi connectivity index (χ4n) is 2.44. The number of benzene rings is 1. The maximum Gasteiger partial charge on any atom is 0.231 e. The zero-order valence-corrected chi connectivity index (χ0v) is 10.7. The van der Waals surface area contributed by atoms with Gasteiger partial charge < -0.3 is 19.5 Å². The van der Waals surface area contributed by atoms with Gasteiger partial charge in [-0.3, -0.25) is 0 Å². The highest BCUT2D eigenvalue weighted by Crippen LogP contribution is 2.32. The second kappa shape index (κ2) is 4.78. The predicted molar refractivity (Wildman–Crippen MR) is 67.9 cm³/mol. The molecule has 1 aromatic carbocycles. The van der Waals surface area contributed by atoms with E-state index >= 15 is 0 Å². The Bertz CT molecular complexity index is 427. The van der Waals surface area contributed by atoms with E-state index in [1.807, 2.05) is 12.1 Å². The van der Waals surface area contributed by atoms with Crippen LogP contribution in [0.1, 0.15) is 25.3 Å². The van der Waals surface area contributed by atoms with Crippen LogP contribution in [0.5, 0.6) is 11.5 Å². The molecule has 1 N–H and O–H groups in total. The Hall–Kier alpha value is -1.26. The summed E-state index contributed by atoms with van der Waals surface area (Å²) in [6, 6.07) is 6.09. The van der Waals surface area contributed by atoms with Crippen molar-refractivity contribution in [2.24, 2.45) is 0 Å². The van der Waals surface area contributed by atoms with Crippen LogP contribution in [0, 0.1) is 0 Å². The van der Waals surface area contributed by atoms with Crippen molar-refractivity contribution in [2.75, 3.05) is 20.0 Å². The van der Waals surface area contributed by atoms with Crippen LogP contribution >= 0.6 is 0 Å². The first-order valence-corrected chi connectivity index (χ1v) is 6.47. The molecule has 18 heavy (non-hydrogen) atoms. The molecule has 0 aliphatic carbocycles. The largest absolute Gasteiger partial charge is 0.454 e.